The second-order valence-corrected chi connectivity index (χ2v) is 5.69. The number of aliphatic hydroxyl groups is 1. The maximum absolute atomic E-state index is 11.9. The SMILES string of the molecule is CN(Cc1ccc(C#CCO)cc1)C(=O)NC(C)(C)C. The number of carbonyl (C=O) groups excluding carboxylic acids is 1. The van der Waals surface area contributed by atoms with E-state index in [0.717, 1.165) is 11.1 Å². The molecule has 0 aromatic heterocycles. The molecule has 0 aliphatic rings. The van der Waals surface area contributed by atoms with Crippen LogP contribution in [0.3, 0.4) is 0 Å². The summed E-state index contributed by atoms with van der Waals surface area (Å²) in [7, 11) is 1.76. The van der Waals surface area contributed by atoms with Crippen LogP contribution in [0.15, 0.2) is 24.3 Å². The van der Waals surface area contributed by atoms with E-state index in [1.165, 1.54) is 0 Å². The van der Waals surface area contributed by atoms with Crippen LogP contribution >= 0.6 is 0 Å². The van der Waals surface area contributed by atoms with E-state index >= 15 is 0 Å². The Labute approximate surface area is 120 Å². The molecule has 0 bridgehead atoms. The molecular formula is C16H22N2O2. The lowest BCUT2D eigenvalue weighted by Crippen LogP contribution is -2.46. The molecule has 0 radical (unpaired) electrons. The Hall–Kier alpha value is -1.99. The van der Waals surface area contributed by atoms with Crippen molar-refractivity contribution in [2.75, 3.05) is 13.7 Å². The summed E-state index contributed by atoms with van der Waals surface area (Å²) in [6.45, 7) is 6.25. The summed E-state index contributed by atoms with van der Waals surface area (Å²) in [6.07, 6.45) is 0. The highest BCUT2D eigenvalue weighted by molar-refractivity contribution is 5.74. The molecule has 0 unspecified atom stereocenters. The minimum absolute atomic E-state index is 0.0957. The fraction of sp³-hybridized carbons (Fsp3) is 0.438. The Kier molecular flexibility index (Phi) is 5.60. The molecule has 1 aromatic carbocycles. The maximum Gasteiger partial charge on any atom is 0.317 e. The zero-order valence-corrected chi connectivity index (χ0v) is 12.5. The summed E-state index contributed by atoms with van der Waals surface area (Å²) in [4.78, 5) is 13.6. The molecule has 0 saturated carbocycles. The van der Waals surface area contributed by atoms with Crippen molar-refractivity contribution in [1.82, 2.24) is 10.2 Å². The van der Waals surface area contributed by atoms with E-state index in [-0.39, 0.29) is 18.2 Å². The lowest BCUT2D eigenvalue weighted by atomic mass is 10.1. The molecule has 2 N–H and O–H groups in total. The van der Waals surface area contributed by atoms with E-state index in [0.29, 0.717) is 6.54 Å². The zero-order chi connectivity index (χ0) is 15.2. The molecule has 2 amide bonds. The Bertz CT molecular complexity index is 504. The van der Waals surface area contributed by atoms with Crippen molar-refractivity contribution in [3.8, 4) is 11.8 Å². The fourth-order valence-corrected chi connectivity index (χ4v) is 1.60. The molecule has 0 spiro atoms. The van der Waals surface area contributed by atoms with Gasteiger partial charge < -0.3 is 15.3 Å². The highest BCUT2D eigenvalue weighted by Gasteiger charge is 2.16. The van der Waals surface area contributed by atoms with Gasteiger partial charge in [-0.05, 0) is 38.5 Å². The van der Waals surface area contributed by atoms with Gasteiger partial charge in [0.15, 0.2) is 0 Å². The zero-order valence-electron chi connectivity index (χ0n) is 12.5. The van der Waals surface area contributed by atoms with Crippen LogP contribution in [0.2, 0.25) is 0 Å². The number of amides is 2. The fourth-order valence-electron chi connectivity index (χ4n) is 1.60. The van der Waals surface area contributed by atoms with Gasteiger partial charge in [-0.3, -0.25) is 0 Å². The van der Waals surface area contributed by atoms with Gasteiger partial charge in [0.1, 0.15) is 6.61 Å². The van der Waals surface area contributed by atoms with Crippen molar-refractivity contribution in [3.63, 3.8) is 0 Å². The predicted molar refractivity (Wildman–Crippen MR) is 80.2 cm³/mol. The number of rotatable bonds is 2. The van der Waals surface area contributed by atoms with Gasteiger partial charge in [-0.1, -0.05) is 24.0 Å². The Morgan fingerprint density at radius 2 is 1.90 bits per heavy atom. The van der Waals surface area contributed by atoms with Crippen molar-refractivity contribution < 1.29 is 9.90 Å². The van der Waals surface area contributed by atoms with Gasteiger partial charge in [-0.15, -0.1) is 0 Å². The monoisotopic (exact) mass is 274 g/mol. The molecule has 4 nitrogen and oxygen atoms in total. The van der Waals surface area contributed by atoms with Gasteiger partial charge >= 0.3 is 6.03 Å². The summed E-state index contributed by atoms with van der Waals surface area (Å²) in [5.74, 6) is 5.44. The van der Waals surface area contributed by atoms with E-state index in [1.54, 1.807) is 11.9 Å². The van der Waals surface area contributed by atoms with Crippen LogP contribution in [-0.2, 0) is 6.54 Å². The Morgan fingerprint density at radius 1 is 1.30 bits per heavy atom. The van der Waals surface area contributed by atoms with E-state index < -0.39 is 0 Å². The predicted octanol–water partition coefficient (Wildman–Crippen LogP) is 1.97. The number of nitrogens with zero attached hydrogens (tertiary/aromatic N) is 1. The van der Waals surface area contributed by atoms with Gasteiger partial charge in [-0.25, -0.2) is 4.79 Å². The number of carbonyl (C=O) groups is 1. The third-order valence-electron chi connectivity index (χ3n) is 2.51. The third-order valence-corrected chi connectivity index (χ3v) is 2.51. The van der Waals surface area contributed by atoms with Crippen molar-refractivity contribution >= 4 is 6.03 Å². The first kappa shape index (κ1) is 16.1. The lowest BCUT2D eigenvalue weighted by molar-refractivity contribution is 0.197. The summed E-state index contributed by atoms with van der Waals surface area (Å²) in [5, 5.41) is 11.5. The number of hydrogen-bond donors (Lipinski definition) is 2. The van der Waals surface area contributed by atoms with Gasteiger partial charge in [-0.2, -0.15) is 0 Å². The average molecular weight is 274 g/mol. The maximum atomic E-state index is 11.9. The van der Waals surface area contributed by atoms with Crippen LogP contribution in [0, 0.1) is 11.8 Å². The number of nitrogens with one attached hydrogen (secondary N) is 1. The molecule has 0 fully saturated rings. The second-order valence-electron chi connectivity index (χ2n) is 5.69. The van der Waals surface area contributed by atoms with E-state index in [1.807, 2.05) is 45.0 Å². The topological polar surface area (TPSA) is 52.6 Å². The molecule has 1 rings (SSSR count). The number of hydrogen-bond acceptors (Lipinski definition) is 2. The molecule has 20 heavy (non-hydrogen) atoms. The van der Waals surface area contributed by atoms with Crippen LogP contribution in [0.4, 0.5) is 4.79 Å². The van der Waals surface area contributed by atoms with Crippen LogP contribution in [0.5, 0.6) is 0 Å². The van der Waals surface area contributed by atoms with Crippen LogP contribution in [-0.4, -0.2) is 35.2 Å². The van der Waals surface area contributed by atoms with Crippen LogP contribution in [0.25, 0.3) is 0 Å². The largest absolute Gasteiger partial charge is 0.384 e. The van der Waals surface area contributed by atoms with Gasteiger partial charge in [0, 0.05) is 24.7 Å². The number of urea groups is 1. The molecule has 4 heteroatoms. The summed E-state index contributed by atoms with van der Waals surface area (Å²) in [5.41, 5.74) is 1.64. The lowest BCUT2D eigenvalue weighted by Gasteiger charge is -2.25. The second kappa shape index (κ2) is 6.97. The van der Waals surface area contributed by atoms with Crippen molar-refractivity contribution in [1.29, 1.82) is 0 Å². The summed E-state index contributed by atoms with van der Waals surface area (Å²) >= 11 is 0. The minimum atomic E-state index is -0.241. The standard InChI is InChI=1S/C16H22N2O2/c1-16(2,3)17-15(20)18(4)12-14-9-7-13(8-10-14)6-5-11-19/h7-10,19H,11-12H2,1-4H3,(H,17,20). The molecule has 0 atom stereocenters. The van der Waals surface area contributed by atoms with Crippen LogP contribution < -0.4 is 5.32 Å². The first-order valence-corrected chi connectivity index (χ1v) is 6.54. The molecule has 0 aliphatic carbocycles. The van der Waals surface area contributed by atoms with Crippen LogP contribution in [0.1, 0.15) is 31.9 Å². The molecule has 108 valence electrons. The normalized spacial score (nSPS) is 10.4. The van der Waals surface area contributed by atoms with Crippen molar-refractivity contribution in [2.45, 2.75) is 32.9 Å². The molecule has 0 saturated heterocycles. The molecule has 0 aliphatic heterocycles. The van der Waals surface area contributed by atoms with E-state index in [9.17, 15) is 4.79 Å². The van der Waals surface area contributed by atoms with Gasteiger partial charge in [0.05, 0.1) is 0 Å². The Morgan fingerprint density at radius 3 is 2.40 bits per heavy atom. The number of aliphatic hydroxyl groups excluding tert-OH is 1. The van der Waals surface area contributed by atoms with Gasteiger partial charge in [0.25, 0.3) is 0 Å². The Balaban J connectivity index is 2.62. The quantitative estimate of drug-likeness (QED) is 0.810. The third kappa shape index (κ3) is 5.77. The highest BCUT2D eigenvalue weighted by atomic mass is 16.2. The first-order chi connectivity index (χ1) is 9.31. The van der Waals surface area contributed by atoms with E-state index in [2.05, 4.69) is 17.2 Å². The summed E-state index contributed by atoms with van der Waals surface area (Å²) in [6, 6.07) is 7.53. The van der Waals surface area contributed by atoms with Crippen molar-refractivity contribution in [2.24, 2.45) is 0 Å². The molecule has 0 heterocycles. The molecule has 1 aromatic rings. The van der Waals surface area contributed by atoms with Crippen molar-refractivity contribution in [3.05, 3.63) is 35.4 Å². The summed E-state index contributed by atoms with van der Waals surface area (Å²) < 4.78 is 0. The average Bonchev–Trinajstić information content (AvgIpc) is 2.36. The van der Waals surface area contributed by atoms with E-state index in [4.69, 9.17) is 5.11 Å². The molecular weight excluding hydrogens is 252 g/mol. The minimum Gasteiger partial charge on any atom is -0.384 e. The number of benzene rings is 1. The first-order valence-electron chi connectivity index (χ1n) is 6.54. The highest BCUT2D eigenvalue weighted by Crippen LogP contribution is 2.07. The smallest absolute Gasteiger partial charge is 0.317 e. The van der Waals surface area contributed by atoms with Gasteiger partial charge in [0.2, 0.25) is 0 Å².